The number of anilines is 2. The summed E-state index contributed by atoms with van der Waals surface area (Å²) in [6.45, 7) is 5.01. The van der Waals surface area contributed by atoms with E-state index in [2.05, 4.69) is 19.2 Å². The van der Waals surface area contributed by atoms with Crippen LogP contribution in [0.4, 0.5) is 11.4 Å². The first-order valence-electron chi connectivity index (χ1n) is 8.61. The highest BCUT2D eigenvalue weighted by Crippen LogP contribution is 2.61. The highest BCUT2D eigenvalue weighted by Gasteiger charge is 2.40. The van der Waals surface area contributed by atoms with Gasteiger partial charge >= 0.3 is 0 Å². The van der Waals surface area contributed by atoms with Crippen molar-refractivity contribution in [2.45, 2.75) is 38.2 Å². The fourth-order valence-corrected chi connectivity index (χ4v) is 4.75. The Kier molecular flexibility index (Phi) is 7.20. The van der Waals surface area contributed by atoms with E-state index < -0.39 is 16.2 Å². The van der Waals surface area contributed by atoms with E-state index in [0.717, 1.165) is 18.7 Å². The number of hydrogen-bond acceptors (Lipinski definition) is 5. The molecule has 1 aliphatic rings. The minimum absolute atomic E-state index is 0. The van der Waals surface area contributed by atoms with Gasteiger partial charge in [0.1, 0.15) is 11.4 Å². The van der Waals surface area contributed by atoms with Gasteiger partial charge in [-0.2, -0.15) is 0 Å². The Hall–Kier alpha value is -1.44. The van der Waals surface area contributed by atoms with Crippen LogP contribution in [0.3, 0.4) is 0 Å². The molecule has 0 spiro atoms. The Morgan fingerprint density at radius 1 is 1.08 bits per heavy atom. The molecule has 144 valence electrons. The van der Waals surface area contributed by atoms with Gasteiger partial charge < -0.3 is 10.1 Å². The van der Waals surface area contributed by atoms with Crippen LogP contribution < -0.4 is 14.4 Å². The molecule has 1 unspecified atom stereocenters. The van der Waals surface area contributed by atoms with E-state index >= 15 is 0 Å². The molecule has 1 heterocycles. The van der Waals surface area contributed by atoms with Gasteiger partial charge in [-0.05, 0) is 37.2 Å². The molecule has 0 amide bonds. The highest BCUT2D eigenvalue weighted by molar-refractivity contribution is 8.26. The number of nitrogens with one attached hydrogen (secondary N) is 1. The standard InChI is InChI=1S/C19H26N2O3S.ClH/c1-15(2)20-14-8-13-19-24-18-12-7-6-11-17(18)21(25(19,22)23)16-9-4-3-5-10-16;/h3-7,9-12,15,19-20,22-23H,8,13-14H2,1-2H3;1H. The van der Waals surface area contributed by atoms with Gasteiger partial charge in [-0.15, -0.1) is 12.4 Å². The minimum Gasteiger partial charge on any atom is -0.467 e. The first-order chi connectivity index (χ1) is 12.0. The van der Waals surface area contributed by atoms with Gasteiger partial charge in [0, 0.05) is 12.5 Å². The summed E-state index contributed by atoms with van der Waals surface area (Å²) in [6.07, 6.45) is 1.38. The Bertz CT molecular complexity index is 700. The summed E-state index contributed by atoms with van der Waals surface area (Å²) in [5, 5.41) is 3.35. The Morgan fingerprint density at radius 3 is 2.42 bits per heavy atom. The van der Waals surface area contributed by atoms with E-state index in [1.807, 2.05) is 54.6 Å². The Morgan fingerprint density at radius 2 is 1.73 bits per heavy atom. The van der Waals surface area contributed by atoms with Gasteiger partial charge in [-0.1, -0.05) is 55.0 Å². The summed E-state index contributed by atoms with van der Waals surface area (Å²) in [5.41, 5.74) is 0.783. The van der Waals surface area contributed by atoms with Gasteiger partial charge in [0.25, 0.3) is 0 Å². The monoisotopic (exact) mass is 398 g/mol. The van der Waals surface area contributed by atoms with Crippen LogP contribution >= 0.6 is 23.2 Å². The number of fused-ring (bicyclic) bond motifs is 1. The van der Waals surface area contributed by atoms with Crippen molar-refractivity contribution in [3.8, 4) is 5.75 Å². The van der Waals surface area contributed by atoms with Gasteiger partial charge in [0.05, 0.1) is 5.69 Å². The average molecular weight is 399 g/mol. The maximum Gasteiger partial charge on any atom is 0.206 e. The van der Waals surface area contributed by atoms with Crippen molar-refractivity contribution in [1.29, 1.82) is 0 Å². The molecule has 3 rings (SSSR count). The van der Waals surface area contributed by atoms with Gasteiger partial charge in [0.2, 0.25) is 5.44 Å². The van der Waals surface area contributed by atoms with Crippen LogP contribution in [0.25, 0.3) is 0 Å². The smallest absolute Gasteiger partial charge is 0.206 e. The fourth-order valence-electron chi connectivity index (χ4n) is 2.93. The molecule has 3 N–H and O–H groups in total. The van der Waals surface area contributed by atoms with E-state index in [1.54, 1.807) is 4.31 Å². The number of para-hydroxylation sites is 3. The number of ether oxygens (including phenoxy) is 1. The molecule has 26 heavy (non-hydrogen) atoms. The molecule has 0 saturated carbocycles. The van der Waals surface area contributed by atoms with Crippen molar-refractivity contribution in [2.75, 3.05) is 10.8 Å². The van der Waals surface area contributed by atoms with Crippen molar-refractivity contribution >= 4 is 34.6 Å². The Balaban J connectivity index is 0.00000243. The van der Waals surface area contributed by atoms with Crippen LogP contribution in [0.5, 0.6) is 5.75 Å². The minimum atomic E-state index is -3.15. The number of benzene rings is 2. The van der Waals surface area contributed by atoms with E-state index in [0.29, 0.717) is 23.9 Å². The zero-order valence-corrected chi connectivity index (χ0v) is 16.7. The third-order valence-corrected chi connectivity index (χ3v) is 6.11. The van der Waals surface area contributed by atoms with E-state index in [4.69, 9.17) is 4.74 Å². The lowest BCUT2D eigenvalue weighted by Crippen LogP contribution is -2.39. The van der Waals surface area contributed by atoms with Crippen molar-refractivity contribution in [3.05, 3.63) is 54.6 Å². The molecule has 2 aromatic rings. The molecular formula is C19H27ClN2O3S. The molecule has 5 nitrogen and oxygen atoms in total. The van der Waals surface area contributed by atoms with Crippen LogP contribution in [0, 0.1) is 0 Å². The molecule has 0 aliphatic carbocycles. The van der Waals surface area contributed by atoms with Crippen molar-refractivity contribution in [2.24, 2.45) is 0 Å². The first kappa shape index (κ1) is 20.9. The zero-order valence-electron chi connectivity index (χ0n) is 15.0. The van der Waals surface area contributed by atoms with Crippen molar-refractivity contribution in [3.63, 3.8) is 0 Å². The van der Waals surface area contributed by atoms with Crippen LogP contribution in [-0.4, -0.2) is 27.1 Å². The number of hydrogen-bond donors (Lipinski definition) is 3. The largest absolute Gasteiger partial charge is 0.467 e. The quantitative estimate of drug-likeness (QED) is 0.568. The number of halogens is 1. The predicted octanol–water partition coefficient (Wildman–Crippen LogP) is 5.41. The van der Waals surface area contributed by atoms with E-state index in [-0.39, 0.29) is 12.4 Å². The van der Waals surface area contributed by atoms with Gasteiger partial charge in [-0.3, -0.25) is 9.11 Å². The fraction of sp³-hybridized carbons (Fsp3) is 0.368. The topological polar surface area (TPSA) is 65.0 Å². The molecule has 1 atom stereocenters. The third-order valence-electron chi connectivity index (χ3n) is 4.12. The van der Waals surface area contributed by atoms with Crippen molar-refractivity contribution < 1.29 is 13.8 Å². The molecule has 2 aromatic carbocycles. The van der Waals surface area contributed by atoms with E-state index in [9.17, 15) is 9.11 Å². The Labute approximate surface area is 163 Å². The second kappa shape index (κ2) is 8.97. The van der Waals surface area contributed by atoms with Crippen LogP contribution in [0.1, 0.15) is 26.7 Å². The molecule has 0 fully saturated rings. The molecule has 1 aliphatic heterocycles. The second-order valence-corrected chi connectivity index (χ2v) is 8.47. The number of rotatable bonds is 6. The molecule has 0 aromatic heterocycles. The second-order valence-electron chi connectivity index (χ2n) is 6.46. The van der Waals surface area contributed by atoms with Crippen LogP contribution in [0.2, 0.25) is 0 Å². The molecule has 0 saturated heterocycles. The van der Waals surface area contributed by atoms with Gasteiger partial charge in [0.15, 0.2) is 0 Å². The normalized spacial score (nSPS) is 19.3. The lowest BCUT2D eigenvalue weighted by Gasteiger charge is -2.51. The lowest BCUT2D eigenvalue weighted by molar-refractivity contribution is 0.235. The first-order valence-corrected chi connectivity index (χ1v) is 10.2. The van der Waals surface area contributed by atoms with Gasteiger partial charge in [-0.25, -0.2) is 4.31 Å². The molecule has 0 radical (unpaired) electrons. The summed E-state index contributed by atoms with van der Waals surface area (Å²) in [6, 6.07) is 17.4. The van der Waals surface area contributed by atoms with Crippen molar-refractivity contribution in [1.82, 2.24) is 5.32 Å². The molecule has 7 heteroatoms. The summed E-state index contributed by atoms with van der Waals surface area (Å²) < 4.78 is 29.6. The third kappa shape index (κ3) is 4.45. The molecular weight excluding hydrogens is 372 g/mol. The molecule has 0 bridgehead atoms. The summed E-state index contributed by atoms with van der Waals surface area (Å²) >= 11 is 0. The van der Waals surface area contributed by atoms with E-state index in [1.165, 1.54) is 0 Å². The highest BCUT2D eigenvalue weighted by atomic mass is 35.5. The summed E-state index contributed by atoms with van der Waals surface area (Å²) in [4.78, 5) is 0. The zero-order chi connectivity index (χ0) is 17.9. The lowest BCUT2D eigenvalue weighted by atomic mass is 10.2. The summed E-state index contributed by atoms with van der Waals surface area (Å²) in [5.74, 6) is 0.680. The number of nitrogens with zero attached hydrogens (tertiary/aromatic N) is 1. The van der Waals surface area contributed by atoms with Crippen LogP contribution in [-0.2, 0) is 0 Å². The predicted molar refractivity (Wildman–Crippen MR) is 112 cm³/mol. The summed E-state index contributed by atoms with van der Waals surface area (Å²) in [7, 11) is -3.15. The average Bonchev–Trinajstić information content (AvgIpc) is 2.59. The van der Waals surface area contributed by atoms with Crippen LogP contribution in [0.15, 0.2) is 54.6 Å². The maximum absolute atomic E-state index is 11.0. The SMILES string of the molecule is CC(C)NCCCC1Oc2ccccc2N(c2ccccc2)S1(O)O.Cl. The maximum atomic E-state index is 11.0.